The maximum atomic E-state index is 12.9. The number of hydrogen-bond donors (Lipinski definition) is 1. The van der Waals surface area contributed by atoms with Crippen LogP contribution in [0.4, 0.5) is 5.82 Å². The third-order valence-electron chi connectivity index (χ3n) is 4.50. The average molecular weight is 430 g/mol. The number of aromatic nitrogens is 2. The number of methoxy groups -OCH3 is 2. The first-order chi connectivity index (χ1) is 14.3. The molecule has 0 aliphatic carbocycles. The summed E-state index contributed by atoms with van der Waals surface area (Å²) >= 11 is 5.90. The van der Waals surface area contributed by atoms with Crippen molar-refractivity contribution in [2.24, 2.45) is 0 Å². The predicted molar refractivity (Wildman–Crippen MR) is 116 cm³/mol. The van der Waals surface area contributed by atoms with Crippen LogP contribution in [0.15, 0.2) is 54.7 Å². The Morgan fingerprint density at radius 3 is 2.50 bits per heavy atom. The molecule has 30 heavy (non-hydrogen) atoms. The van der Waals surface area contributed by atoms with Crippen molar-refractivity contribution in [3.8, 4) is 17.2 Å². The van der Waals surface area contributed by atoms with E-state index >= 15 is 0 Å². The molecular formula is C22H24ClN3O4. The molecule has 2 aromatic carbocycles. The Balaban J connectivity index is 1.75. The van der Waals surface area contributed by atoms with E-state index < -0.39 is 5.60 Å². The zero-order valence-electron chi connectivity index (χ0n) is 17.3. The summed E-state index contributed by atoms with van der Waals surface area (Å²) < 4.78 is 18.4. The molecule has 0 fully saturated rings. The van der Waals surface area contributed by atoms with Crippen LogP contribution >= 0.6 is 11.6 Å². The second-order valence-corrected chi connectivity index (χ2v) is 7.48. The summed E-state index contributed by atoms with van der Waals surface area (Å²) in [5, 5.41) is 7.81. The molecule has 1 heterocycles. The lowest BCUT2D eigenvalue weighted by molar-refractivity contribution is -0.128. The van der Waals surface area contributed by atoms with Crippen LogP contribution in [0.1, 0.15) is 19.4 Å². The number of para-hydroxylation sites is 1. The molecule has 0 bridgehead atoms. The van der Waals surface area contributed by atoms with Gasteiger partial charge in [-0.15, -0.1) is 0 Å². The molecule has 3 rings (SSSR count). The smallest absolute Gasteiger partial charge is 0.269 e. The topological polar surface area (TPSA) is 74.6 Å². The fourth-order valence-electron chi connectivity index (χ4n) is 2.91. The van der Waals surface area contributed by atoms with Gasteiger partial charge in [-0.3, -0.25) is 4.79 Å². The van der Waals surface area contributed by atoms with Crippen molar-refractivity contribution in [2.75, 3.05) is 19.5 Å². The molecule has 7 nitrogen and oxygen atoms in total. The quantitative estimate of drug-likeness (QED) is 0.574. The summed E-state index contributed by atoms with van der Waals surface area (Å²) in [6.45, 7) is 3.78. The maximum Gasteiger partial charge on any atom is 0.269 e. The third-order valence-corrected chi connectivity index (χ3v) is 4.75. The average Bonchev–Trinajstić information content (AvgIpc) is 3.15. The molecule has 8 heteroatoms. The minimum Gasteiger partial charge on any atom is -0.493 e. The Hall–Kier alpha value is -3.19. The van der Waals surface area contributed by atoms with E-state index in [1.165, 1.54) is 0 Å². The van der Waals surface area contributed by atoms with Gasteiger partial charge in [0.2, 0.25) is 0 Å². The molecule has 158 valence electrons. The van der Waals surface area contributed by atoms with Gasteiger partial charge in [0.25, 0.3) is 5.91 Å². The molecule has 0 saturated heterocycles. The highest BCUT2D eigenvalue weighted by molar-refractivity contribution is 6.30. The minimum atomic E-state index is -1.11. The van der Waals surface area contributed by atoms with Crippen molar-refractivity contribution < 1.29 is 19.0 Å². The number of halogens is 1. The van der Waals surface area contributed by atoms with Gasteiger partial charge in [-0.05, 0) is 44.2 Å². The Morgan fingerprint density at radius 2 is 1.83 bits per heavy atom. The second-order valence-electron chi connectivity index (χ2n) is 7.05. The van der Waals surface area contributed by atoms with Crippen molar-refractivity contribution in [1.82, 2.24) is 9.78 Å². The third kappa shape index (κ3) is 4.86. The van der Waals surface area contributed by atoms with Crippen molar-refractivity contribution >= 4 is 23.3 Å². The summed E-state index contributed by atoms with van der Waals surface area (Å²) in [5.74, 6) is 2.04. The summed E-state index contributed by atoms with van der Waals surface area (Å²) in [7, 11) is 3.17. The normalized spacial score (nSPS) is 11.1. The maximum absolute atomic E-state index is 12.9. The van der Waals surface area contributed by atoms with Gasteiger partial charge in [-0.25, -0.2) is 4.68 Å². The molecule has 0 unspecified atom stereocenters. The van der Waals surface area contributed by atoms with Crippen LogP contribution in [0.5, 0.6) is 17.2 Å². The number of rotatable bonds is 8. The number of benzene rings is 2. The molecule has 1 N–H and O–H groups in total. The molecular weight excluding hydrogens is 406 g/mol. The number of nitrogens with one attached hydrogen (secondary N) is 1. The number of hydrogen-bond acceptors (Lipinski definition) is 5. The lowest BCUT2D eigenvalue weighted by atomic mass is 10.1. The summed E-state index contributed by atoms with van der Waals surface area (Å²) in [6.07, 6.45) is 1.62. The van der Waals surface area contributed by atoms with Crippen LogP contribution in [-0.2, 0) is 11.3 Å². The molecule has 1 aromatic heterocycles. The van der Waals surface area contributed by atoms with Gasteiger partial charge < -0.3 is 19.5 Å². The van der Waals surface area contributed by atoms with Gasteiger partial charge in [-0.2, -0.15) is 5.10 Å². The van der Waals surface area contributed by atoms with Gasteiger partial charge in [0.1, 0.15) is 11.6 Å². The van der Waals surface area contributed by atoms with Gasteiger partial charge in [0, 0.05) is 16.7 Å². The van der Waals surface area contributed by atoms with Crippen molar-refractivity contribution in [3.05, 3.63) is 65.3 Å². The van der Waals surface area contributed by atoms with E-state index in [-0.39, 0.29) is 5.91 Å². The Morgan fingerprint density at radius 1 is 1.10 bits per heavy atom. The molecule has 0 spiro atoms. The number of ether oxygens (including phenoxy) is 3. The van der Waals surface area contributed by atoms with Crippen molar-refractivity contribution in [1.29, 1.82) is 0 Å². The van der Waals surface area contributed by atoms with E-state index in [0.29, 0.717) is 34.6 Å². The SMILES string of the molecule is COc1cccc(Cn2nccc2NC(=O)C(C)(C)Oc2ccc(Cl)cc2)c1OC. The van der Waals surface area contributed by atoms with Gasteiger partial charge >= 0.3 is 0 Å². The molecule has 1 amide bonds. The predicted octanol–water partition coefficient (Wildman–Crippen LogP) is 4.40. The Kier molecular flexibility index (Phi) is 6.52. The summed E-state index contributed by atoms with van der Waals surface area (Å²) in [4.78, 5) is 12.9. The highest BCUT2D eigenvalue weighted by atomic mass is 35.5. The highest BCUT2D eigenvalue weighted by Gasteiger charge is 2.31. The molecule has 0 aliphatic rings. The highest BCUT2D eigenvalue weighted by Crippen LogP contribution is 2.31. The number of anilines is 1. The van der Waals surface area contributed by atoms with Gasteiger partial charge in [0.05, 0.1) is 27.0 Å². The Labute approximate surface area is 180 Å². The second kappa shape index (κ2) is 9.09. The lowest BCUT2D eigenvalue weighted by Gasteiger charge is -2.25. The molecule has 3 aromatic rings. The largest absolute Gasteiger partial charge is 0.493 e. The fraction of sp³-hybridized carbons (Fsp3) is 0.273. The monoisotopic (exact) mass is 429 g/mol. The lowest BCUT2D eigenvalue weighted by Crippen LogP contribution is -2.43. The van der Waals surface area contributed by atoms with Gasteiger partial charge in [-0.1, -0.05) is 23.7 Å². The number of amides is 1. The molecule has 0 aliphatic heterocycles. The van der Waals surface area contributed by atoms with E-state index in [2.05, 4.69) is 10.4 Å². The number of carbonyl (C=O) groups is 1. The van der Waals surface area contributed by atoms with E-state index in [0.717, 1.165) is 5.56 Å². The first-order valence-corrected chi connectivity index (χ1v) is 9.69. The van der Waals surface area contributed by atoms with E-state index in [1.54, 1.807) is 69.3 Å². The van der Waals surface area contributed by atoms with Crippen LogP contribution in [0, 0.1) is 0 Å². The van der Waals surface area contributed by atoms with Crippen molar-refractivity contribution in [2.45, 2.75) is 26.0 Å². The molecule has 0 radical (unpaired) electrons. The van der Waals surface area contributed by atoms with Crippen molar-refractivity contribution in [3.63, 3.8) is 0 Å². The summed E-state index contributed by atoms with van der Waals surface area (Å²) in [6, 6.07) is 14.2. The standard InChI is InChI=1S/C22H24ClN3O4/c1-22(2,30-17-10-8-16(23)9-11-17)21(27)25-19-12-13-24-26(19)14-15-6-5-7-18(28-3)20(15)29-4/h5-13H,14H2,1-4H3,(H,25,27). The molecule has 0 saturated carbocycles. The van der Waals surface area contributed by atoms with Crippen LogP contribution in [0.3, 0.4) is 0 Å². The van der Waals surface area contributed by atoms with E-state index in [4.69, 9.17) is 25.8 Å². The zero-order valence-corrected chi connectivity index (χ0v) is 18.1. The fourth-order valence-corrected chi connectivity index (χ4v) is 3.04. The van der Waals surface area contributed by atoms with Crippen LogP contribution in [0.25, 0.3) is 0 Å². The number of carbonyl (C=O) groups excluding carboxylic acids is 1. The van der Waals surface area contributed by atoms with E-state index in [9.17, 15) is 4.79 Å². The number of nitrogens with zero attached hydrogens (tertiary/aromatic N) is 2. The first kappa shape index (κ1) is 21.5. The minimum absolute atomic E-state index is 0.309. The zero-order chi connectivity index (χ0) is 21.7. The molecule has 0 atom stereocenters. The summed E-state index contributed by atoms with van der Waals surface area (Å²) in [5.41, 5.74) is -0.246. The van der Waals surface area contributed by atoms with E-state index in [1.807, 2.05) is 18.2 Å². The van der Waals surface area contributed by atoms with Crippen LogP contribution in [-0.4, -0.2) is 35.5 Å². The van der Waals surface area contributed by atoms with Gasteiger partial charge in [0.15, 0.2) is 17.1 Å². The first-order valence-electron chi connectivity index (χ1n) is 9.32. The van der Waals surface area contributed by atoms with Crippen LogP contribution < -0.4 is 19.5 Å². The van der Waals surface area contributed by atoms with Crippen LogP contribution in [0.2, 0.25) is 5.02 Å². The Bertz CT molecular complexity index is 1020.